The van der Waals surface area contributed by atoms with Gasteiger partial charge in [-0.05, 0) is 31.5 Å². The maximum atomic E-state index is 13.4. The number of aryl methyl sites for hydroxylation is 1. The summed E-state index contributed by atoms with van der Waals surface area (Å²) in [5.74, 6) is 1.35. The molecule has 142 valence electrons. The van der Waals surface area contributed by atoms with E-state index in [2.05, 4.69) is 4.98 Å². The number of nitrogens with zero attached hydrogens (tertiary/aromatic N) is 1. The van der Waals surface area contributed by atoms with Crippen molar-refractivity contribution in [3.63, 3.8) is 0 Å². The fourth-order valence-electron chi connectivity index (χ4n) is 3.31. The lowest BCUT2D eigenvalue weighted by molar-refractivity contribution is 0.0989. The first kappa shape index (κ1) is 18.6. The summed E-state index contributed by atoms with van der Waals surface area (Å²) in [5.41, 5.74) is 3.22. The van der Waals surface area contributed by atoms with Crippen molar-refractivity contribution in [2.75, 3.05) is 32.8 Å². The van der Waals surface area contributed by atoms with Gasteiger partial charge in [-0.3, -0.25) is 4.79 Å². The highest BCUT2D eigenvalue weighted by Crippen LogP contribution is 2.44. The first-order valence-corrected chi connectivity index (χ1v) is 8.74. The molecule has 0 bridgehead atoms. The van der Waals surface area contributed by atoms with Crippen LogP contribution in [0.15, 0.2) is 36.5 Å². The van der Waals surface area contributed by atoms with Gasteiger partial charge in [-0.25, -0.2) is 0 Å². The molecule has 27 heavy (non-hydrogen) atoms. The highest BCUT2D eigenvalue weighted by atomic mass is 16.5. The fraction of sp³-hybridized carbons (Fsp3) is 0.286. The van der Waals surface area contributed by atoms with Gasteiger partial charge in [0.1, 0.15) is 0 Å². The SMILES string of the molecule is CCN(C(=O)c1c[nH]c2cc(OC)c(OC)c(OC)c12)c1cccc(C)c1. The molecule has 2 aromatic carbocycles. The zero-order valence-corrected chi connectivity index (χ0v) is 16.3. The van der Waals surface area contributed by atoms with Crippen molar-refractivity contribution >= 4 is 22.5 Å². The zero-order chi connectivity index (χ0) is 19.6. The number of rotatable bonds is 6. The van der Waals surface area contributed by atoms with E-state index in [0.29, 0.717) is 34.7 Å². The van der Waals surface area contributed by atoms with Crippen LogP contribution in [0.5, 0.6) is 17.2 Å². The maximum Gasteiger partial charge on any atom is 0.260 e. The summed E-state index contributed by atoms with van der Waals surface area (Å²) in [5, 5.41) is 0.672. The van der Waals surface area contributed by atoms with Gasteiger partial charge in [-0.1, -0.05) is 12.1 Å². The Morgan fingerprint density at radius 1 is 1.07 bits per heavy atom. The van der Waals surface area contributed by atoms with E-state index >= 15 is 0 Å². The number of hydrogen-bond donors (Lipinski definition) is 1. The summed E-state index contributed by atoms with van der Waals surface area (Å²) in [4.78, 5) is 18.3. The Labute approximate surface area is 158 Å². The van der Waals surface area contributed by atoms with Crippen LogP contribution in [0.2, 0.25) is 0 Å². The third-order valence-corrected chi connectivity index (χ3v) is 4.58. The first-order valence-electron chi connectivity index (χ1n) is 8.74. The second-order valence-electron chi connectivity index (χ2n) is 6.16. The van der Waals surface area contributed by atoms with Crippen molar-refractivity contribution in [3.05, 3.63) is 47.7 Å². The van der Waals surface area contributed by atoms with Crippen LogP contribution in [-0.4, -0.2) is 38.8 Å². The summed E-state index contributed by atoms with van der Waals surface area (Å²) in [6, 6.07) is 9.69. The van der Waals surface area contributed by atoms with Gasteiger partial charge in [-0.2, -0.15) is 0 Å². The predicted molar refractivity (Wildman–Crippen MR) is 106 cm³/mol. The van der Waals surface area contributed by atoms with Crippen molar-refractivity contribution in [3.8, 4) is 17.2 Å². The van der Waals surface area contributed by atoms with Crippen LogP contribution >= 0.6 is 0 Å². The van der Waals surface area contributed by atoms with E-state index in [1.165, 1.54) is 0 Å². The summed E-state index contributed by atoms with van der Waals surface area (Å²) >= 11 is 0. The van der Waals surface area contributed by atoms with Crippen molar-refractivity contribution in [2.24, 2.45) is 0 Å². The first-order chi connectivity index (χ1) is 13.0. The normalized spacial score (nSPS) is 10.7. The van der Waals surface area contributed by atoms with Gasteiger partial charge in [0.05, 0.1) is 37.8 Å². The summed E-state index contributed by atoms with van der Waals surface area (Å²) in [7, 11) is 4.66. The summed E-state index contributed by atoms with van der Waals surface area (Å²) in [6.07, 6.45) is 1.70. The number of aromatic amines is 1. The van der Waals surface area contributed by atoms with Gasteiger partial charge in [0.2, 0.25) is 5.75 Å². The molecule has 0 radical (unpaired) electrons. The molecule has 0 aliphatic carbocycles. The number of benzene rings is 2. The number of hydrogen-bond acceptors (Lipinski definition) is 4. The number of aromatic nitrogens is 1. The topological polar surface area (TPSA) is 63.8 Å². The Hall–Kier alpha value is -3.15. The van der Waals surface area contributed by atoms with Gasteiger partial charge >= 0.3 is 0 Å². The van der Waals surface area contributed by atoms with E-state index in [-0.39, 0.29) is 5.91 Å². The van der Waals surface area contributed by atoms with Gasteiger partial charge < -0.3 is 24.1 Å². The van der Waals surface area contributed by atoms with E-state index in [1.54, 1.807) is 38.5 Å². The summed E-state index contributed by atoms with van der Waals surface area (Å²) < 4.78 is 16.4. The maximum absolute atomic E-state index is 13.4. The van der Waals surface area contributed by atoms with E-state index in [9.17, 15) is 4.79 Å². The van der Waals surface area contributed by atoms with E-state index in [4.69, 9.17) is 14.2 Å². The number of ether oxygens (including phenoxy) is 3. The summed E-state index contributed by atoms with van der Waals surface area (Å²) in [6.45, 7) is 4.51. The molecule has 6 heteroatoms. The standard InChI is InChI=1S/C21H24N2O4/c1-6-23(14-9-7-8-13(2)10-14)21(24)15-12-22-16-11-17(25-3)19(26-4)20(27-5)18(15)16/h7-12,22H,6H2,1-5H3. The molecule has 0 unspecified atom stereocenters. The van der Waals surface area contributed by atoms with Crippen LogP contribution in [0.1, 0.15) is 22.8 Å². The Morgan fingerprint density at radius 2 is 1.81 bits per heavy atom. The molecule has 3 rings (SSSR count). The van der Waals surface area contributed by atoms with Crippen molar-refractivity contribution in [2.45, 2.75) is 13.8 Å². The van der Waals surface area contributed by atoms with Gasteiger partial charge in [0.25, 0.3) is 5.91 Å². The zero-order valence-electron chi connectivity index (χ0n) is 16.3. The minimum atomic E-state index is -0.111. The Balaban J connectivity index is 2.17. The fourth-order valence-corrected chi connectivity index (χ4v) is 3.31. The van der Waals surface area contributed by atoms with E-state index in [1.807, 2.05) is 38.1 Å². The lowest BCUT2D eigenvalue weighted by atomic mass is 10.1. The number of carbonyl (C=O) groups excluding carboxylic acids is 1. The van der Waals surface area contributed by atoms with E-state index in [0.717, 1.165) is 16.8 Å². The largest absolute Gasteiger partial charge is 0.493 e. The van der Waals surface area contributed by atoms with Crippen LogP contribution in [-0.2, 0) is 0 Å². The molecule has 0 spiro atoms. The van der Waals surface area contributed by atoms with Gasteiger partial charge in [0, 0.05) is 24.5 Å². The van der Waals surface area contributed by atoms with Gasteiger partial charge in [-0.15, -0.1) is 0 Å². The Morgan fingerprint density at radius 3 is 2.41 bits per heavy atom. The smallest absolute Gasteiger partial charge is 0.260 e. The molecule has 6 nitrogen and oxygen atoms in total. The number of nitrogens with one attached hydrogen (secondary N) is 1. The van der Waals surface area contributed by atoms with Crippen molar-refractivity contribution in [1.82, 2.24) is 4.98 Å². The molecule has 1 heterocycles. The van der Waals surface area contributed by atoms with Crippen molar-refractivity contribution < 1.29 is 19.0 Å². The molecule has 0 aliphatic rings. The average molecular weight is 368 g/mol. The molecule has 0 aliphatic heterocycles. The molecular weight excluding hydrogens is 344 g/mol. The van der Waals surface area contributed by atoms with Crippen LogP contribution < -0.4 is 19.1 Å². The lowest BCUT2D eigenvalue weighted by Gasteiger charge is -2.22. The minimum Gasteiger partial charge on any atom is -0.493 e. The predicted octanol–water partition coefficient (Wildman–Crippen LogP) is 4.17. The quantitative estimate of drug-likeness (QED) is 0.709. The molecule has 1 aromatic heterocycles. The van der Waals surface area contributed by atoms with Crippen LogP contribution in [0.25, 0.3) is 10.9 Å². The highest BCUT2D eigenvalue weighted by molar-refractivity contribution is 6.16. The second kappa shape index (κ2) is 7.61. The Bertz CT molecular complexity index is 978. The Kier molecular flexibility index (Phi) is 5.26. The van der Waals surface area contributed by atoms with Crippen LogP contribution in [0.3, 0.4) is 0 Å². The van der Waals surface area contributed by atoms with Crippen LogP contribution in [0.4, 0.5) is 5.69 Å². The van der Waals surface area contributed by atoms with Crippen molar-refractivity contribution in [1.29, 1.82) is 0 Å². The van der Waals surface area contributed by atoms with Crippen LogP contribution in [0, 0.1) is 6.92 Å². The highest BCUT2D eigenvalue weighted by Gasteiger charge is 2.25. The molecule has 0 saturated heterocycles. The molecule has 3 aromatic rings. The monoisotopic (exact) mass is 368 g/mol. The molecule has 0 atom stereocenters. The number of anilines is 1. The van der Waals surface area contributed by atoms with Gasteiger partial charge in [0.15, 0.2) is 11.5 Å². The number of fused-ring (bicyclic) bond motifs is 1. The number of H-pyrrole nitrogens is 1. The lowest BCUT2D eigenvalue weighted by Crippen LogP contribution is -2.30. The number of methoxy groups -OCH3 is 3. The number of amides is 1. The molecular formula is C21H24N2O4. The third kappa shape index (κ3) is 3.18. The minimum absolute atomic E-state index is 0.111. The third-order valence-electron chi connectivity index (χ3n) is 4.58. The molecule has 1 amide bonds. The molecule has 1 N–H and O–H groups in total. The second-order valence-corrected chi connectivity index (χ2v) is 6.16. The molecule has 0 saturated carbocycles. The average Bonchev–Trinajstić information content (AvgIpc) is 3.10. The molecule has 0 fully saturated rings. The van der Waals surface area contributed by atoms with E-state index < -0.39 is 0 Å². The number of carbonyl (C=O) groups is 1.